The summed E-state index contributed by atoms with van der Waals surface area (Å²) >= 11 is 6.31. The Morgan fingerprint density at radius 3 is 2.67 bits per heavy atom. The molecule has 0 radical (unpaired) electrons. The molecule has 2 aromatic rings. The molecule has 1 heterocycles. The number of halogens is 1. The van der Waals surface area contributed by atoms with Gasteiger partial charge in [-0.3, -0.25) is 0 Å². The first-order valence-corrected chi connectivity index (χ1v) is 8.47. The second-order valence-electron chi connectivity index (χ2n) is 6.52. The Labute approximate surface area is 146 Å². The number of fused-ring (bicyclic) bond motifs is 3. The highest BCUT2D eigenvalue weighted by Gasteiger charge is 2.38. The molecule has 2 aromatic carbocycles. The molecule has 0 saturated heterocycles. The maximum atomic E-state index is 11.0. The summed E-state index contributed by atoms with van der Waals surface area (Å²) in [7, 11) is 0. The average Bonchev–Trinajstić information content (AvgIpc) is 3.07. The van der Waals surface area contributed by atoms with Crippen molar-refractivity contribution in [1.82, 2.24) is 0 Å². The maximum absolute atomic E-state index is 11.0. The van der Waals surface area contributed by atoms with Crippen LogP contribution in [-0.4, -0.2) is 5.97 Å². The summed E-state index contributed by atoms with van der Waals surface area (Å²) in [5, 5.41) is 15.4. The third-order valence-corrected chi connectivity index (χ3v) is 5.65. The number of benzene rings is 2. The number of nitrogens with one attached hydrogen (secondary N) is 1. The molecule has 0 unspecified atom stereocenters. The van der Waals surface area contributed by atoms with Crippen LogP contribution in [0.4, 0.5) is 5.69 Å². The zero-order valence-corrected chi connectivity index (χ0v) is 14.0. The number of rotatable bonds is 2. The molecule has 0 fully saturated rings. The van der Waals surface area contributed by atoms with Gasteiger partial charge in [-0.2, -0.15) is 0 Å². The van der Waals surface area contributed by atoms with Gasteiger partial charge >= 0.3 is 0 Å². The molecule has 1 N–H and O–H groups in total. The minimum atomic E-state index is -1.15. The molecule has 122 valence electrons. The largest absolute Gasteiger partial charge is 0.545 e. The van der Waals surface area contributed by atoms with Crippen molar-refractivity contribution in [2.45, 2.75) is 25.3 Å². The Hall–Kier alpha value is -2.26. The number of carbonyl (C=O) groups is 1. The van der Waals surface area contributed by atoms with Crippen LogP contribution in [0.1, 0.15) is 45.4 Å². The van der Waals surface area contributed by atoms with Crippen molar-refractivity contribution < 1.29 is 9.90 Å². The Morgan fingerprint density at radius 2 is 1.96 bits per heavy atom. The third kappa shape index (κ3) is 2.31. The minimum absolute atomic E-state index is 0.130. The lowest BCUT2D eigenvalue weighted by atomic mass is 9.76. The summed E-state index contributed by atoms with van der Waals surface area (Å²) in [6.45, 7) is 2.03. The number of carbonyl (C=O) groups excluding carboxylic acids is 1. The monoisotopic (exact) mass is 338 g/mol. The lowest BCUT2D eigenvalue weighted by Crippen LogP contribution is -2.29. The molecule has 4 rings (SSSR count). The fraction of sp³-hybridized carbons (Fsp3) is 0.250. The van der Waals surface area contributed by atoms with Crippen molar-refractivity contribution in [3.05, 3.63) is 75.8 Å². The van der Waals surface area contributed by atoms with Gasteiger partial charge in [-0.1, -0.05) is 54.1 Å². The molecule has 4 heteroatoms. The van der Waals surface area contributed by atoms with Crippen molar-refractivity contribution in [3.63, 3.8) is 0 Å². The number of allylic oxidation sites excluding steroid dienone is 2. The number of hydrogen-bond donors (Lipinski definition) is 1. The zero-order chi connectivity index (χ0) is 16.8. The molecule has 3 nitrogen and oxygen atoms in total. The van der Waals surface area contributed by atoms with E-state index in [-0.39, 0.29) is 11.6 Å². The van der Waals surface area contributed by atoms with Crippen LogP contribution in [0.2, 0.25) is 5.02 Å². The smallest absolute Gasteiger partial charge is 0.0715 e. The summed E-state index contributed by atoms with van der Waals surface area (Å²) in [5.74, 6) is -0.360. The molecule has 2 aliphatic rings. The molecule has 0 spiro atoms. The number of carboxylic acid groups (broad SMARTS) is 1. The van der Waals surface area contributed by atoms with Crippen LogP contribution in [0.5, 0.6) is 0 Å². The molecular formula is C20H17ClNO2-. The minimum Gasteiger partial charge on any atom is -0.545 e. The van der Waals surface area contributed by atoms with Gasteiger partial charge < -0.3 is 15.2 Å². The van der Waals surface area contributed by atoms with E-state index in [9.17, 15) is 9.90 Å². The first kappa shape index (κ1) is 15.3. The van der Waals surface area contributed by atoms with E-state index in [0.29, 0.717) is 11.8 Å². The summed E-state index contributed by atoms with van der Waals surface area (Å²) in [5.41, 5.74) is 4.74. The van der Waals surface area contributed by atoms with Gasteiger partial charge in [0.15, 0.2) is 0 Å². The van der Waals surface area contributed by atoms with Crippen LogP contribution in [-0.2, 0) is 0 Å². The van der Waals surface area contributed by atoms with Crippen LogP contribution in [0, 0.1) is 12.8 Å². The van der Waals surface area contributed by atoms with Crippen LogP contribution in [0.25, 0.3) is 0 Å². The summed E-state index contributed by atoms with van der Waals surface area (Å²) in [4.78, 5) is 11.0. The highest BCUT2D eigenvalue weighted by Crippen LogP contribution is 2.51. The highest BCUT2D eigenvalue weighted by molar-refractivity contribution is 6.31. The van der Waals surface area contributed by atoms with Crippen molar-refractivity contribution in [2.75, 3.05) is 5.32 Å². The Morgan fingerprint density at radius 1 is 1.21 bits per heavy atom. The zero-order valence-electron chi connectivity index (χ0n) is 13.3. The molecule has 0 bridgehead atoms. The SMILES string of the molecule is Cc1c(Cl)ccc2c1N[C@H](c1ccc(C(=O)[O-])cc1)[C@@H]1CC=C[C@H]21. The standard InChI is InChI=1S/C20H18ClNO2/c1-11-17(21)10-9-16-14-3-2-4-15(14)19(22-18(11)16)12-5-7-13(8-6-12)20(23)24/h2-3,5-10,14-15,19,22H,4H2,1H3,(H,23,24)/p-1/t14-,15+,19+/m0/s1. The van der Waals surface area contributed by atoms with Gasteiger partial charge in [0, 0.05) is 16.6 Å². The molecule has 0 aromatic heterocycles. The van der Waals surface area contributed by atoms with Gasteiger partial charge in [0.05, 0.1) is 12.0 Å². The predicted octanol–water partition coefficient (Wildman–Crippen LogP) is 3.84. The van der Waals surface area contributed by atoms with E-state index in [4.69, 9.17) is 11.6 Å². The molecule has 1 aliphatic carbocycles. The molecular weight excluding hydrogens is 322 g/mol. The fourth-order valence-electron chi connectivity index (χ4n) is 3.95. The topological polar surface area (TPSA) is 52.2 Å². The lowest BCUT2D eigenvalue weighted by molar-refractivity contribution is -0.255. The van der Waals surface area contributed by atoms with E-state index >= 15 is 0 Å². The van der Waals surface area contributed by atoms with Crippen LogP contribution in [0.3, 0.4) is 0 Å². The van der Waals surface area contributed by atoms with E-state index in [1.54, 1.807) is 12.1 Å². The Kier molecular flexibility index (Phi) is 3.61. The summed E-state index contributed by atoms with van der Waals surface area (Å²) < 4.78 is 0. The molecule has 1 aliphatic heterocycles. The van der Waals surface area contributed by atoms with Crippen LogP contribution in [0.15, 0.2) is 48.6 Å². The van der Waals surface area contributed by atoms with Crippen LogP contribution >= 0.6 is 11.6 Å². The van der Waals surface area contributed by atoms with Gasteiger partial charge in [-0.15, -0.1) is 0 Å². The van der Waals surface area contributed by atoms with Crippen molar-refractivity contribution in [2.24, 2.45) is 5.92 Å². The van der Waals surface area contributed by atoms with Crippen molar-refractivity contribution in [3.8, 4) is 0 Å². The van der Waals surface area contributed by atoms with Crippen LogP contribution < -0.4 is 10.4 Å². The van der Waals surface area contributed by atoms with E-state index in [0.717, 1.165) is 28.3 Å². The quantitative estimate of drug-likeness (QED) is 0.846. The first-order valence-electron chi connectivity index (χ1n) is 8.10. The predicted molar refractivity (Wildman–Crippen MR) is 93.3 cm³/mol. The first-order chi connectivity index (χ1) is 11.6. The van der Waals surface area contributed by atoms with Gasteiger partial charge in [0.2, 0.25) is 0 Å². The van der Waals surface area contributed by atoms with Crippen molar-refractivity contribution >= 4 is 23.3 Å². The number of anilines is 1. The number of hydrogen-bond acceptors (Lipinski definition) is 3. The van der Waals surface area contributed by atoms with Gasteiger partial charge in [-0.05, 0) is 47.6 Å². The second-order valence-corrected chi connectivity index (χ2v) is 6.93. The number of carboxylic acids is 1. The van der Waals surface area contributed by atoms with E-state index in [1.165, 1.54) is 5.56 Å². The number of aromatic carboxylic acids is 1. The van der Waals surface area contributed by atoms with Gasteiger partial charge in [-0.25, -0.2) is 0 Å². The lowest BCUT2D eigenvalue weighted by Gasteiger charge is -2.38. The molecule has 0 saturated carbocycles. The Balaban J connectivity index is 1.77. The van der Waals surface area contributed by atoms with Gasteiger partial charge in [0.1, 0.15) is 0 Å². The third-order valence-electron chi connectivity index (χ3n) is 5.24. The second kappa shape index (κ2) is 5.67. The molecule has 0 amide bonds. The maximum Gasteiger partial charge on any atom is 0.0715 e. The molecule has 3 atom stereocenters. The van der Waals surface area contributed by atoms with E-state index in [2.05, 4.69) is 23.5 Å². The summed E-state index contributed by atoms with van der Waals surface area (Å²) in [6, 6.07) is 11.2. The van der Waals surface area contributed by atoms with E-state index in [1.807, 2.05) is 25.1 Å². The summed E-state index contributed by atoms with van der Waals surface area (Å²) in [6.07, 6.45) is 5.52. The van der Waals surface area contributed by atoms with Crippen molar-refractivity contribution in [1.29, 1.82) is 0 Å². The fourth-order valence-corrected chi connectivity index (χ4v) is 4.10. The average molecular weight is 339 g/mol. The molecule has 24 heavy (non-hydrogen) atoms. The highest BCUT2D eigenvalue weighted by atomic mass is 35.5. The van der Waals surface area contributed by atoms with Gasteiger partial charge in [0.25, 0.3) is 0 Å². The van der Waals surface area contributed by atoms with E-state index < -0.39 is 5.97 Å². The normalized spacial score (nSPS) is 24.2. The Bertz CT molecular complexity index is 841.